The van der Waals surface area contributed by atoms with Crippen LogP contribution in [0.3, 0.4) is 0 Å². The van der Waals surface area contributed by atoms with Crippen LogP contribution in [0.5, 0.6) is 5.75 Å². The minimum absolute atomic E-state index is 0.0365. The van der Waals surface area contributed by atoms with Crippen LogP contribution in [-0.4, -0.2) is 108 Å². The Kier molecular flexibility index (Phi) is 17.3. The van der Waals surface area contributed by atoms with Crippen molar-refractivity contribution in [3.63, 3.8) is 0 Å². The third kappa shape index (κ3) is 13.3. The molecule has 55 heavy (non-hydrogen) atoms. The van der Waals surface area contributed by atoms with Gasteiger partial charge in [0.05, 0.1) is 24.8 Å². The number of alkyl carbamates (subject to hydrolysis) is 1. The second kappa shape index (κ2) is 22.3. The van der Waals surface area contributed by atoms with E-state index in [2.05, 4.69) is 27.2 Å². The highest BCUT2D eigenvalue weighted by Gasteiger charge is 2.40. The number of hydrogen-bond donors (Lipinski definition) is 3. The summed E-state index contributed by atoms with van der Waals surface area (Å²) in [5.74, 6) is -0.523. The number of aliphatic hydroxyl groups is 1. The molecule has 15 nitrogen and oxygen atoms in total. The van der Waals surface area contributed by atoms with Gasteiger partial charge in [0, 0.05) is 24.5 Å². The average molecular weight is 762 g/mol. The van der Waals surface area contributed by atoms with E-state index in [-0.39, 0.29) is 70.0 Å². The maximum Gasteiger partial charge on any atom is 0.407 e. The van der Waals surface area contributed by atoms with Crippen molar-refractivity contribution in [3.05, 3.63) is 88.8 Å². The van der Waals surface area contributed by atoms with Gasteiger partial charge in [-0.1, -0.05) is 74.1 Å². The van der Waals surface area contributed by atoms with E-state index in [1.165, 1.54) is 11.0 Å². The Morgan fingerprint density at radius 1 is 1.13 bits per heavy atom. The fraction of sp³-hybridized carbons (Fsp3) is 0.550. The Morgan fingerprint density at radius 3 is 2.58 bits per heavy atom. The number of carbonyl (C=O) groups excluding carboxylic acids is 4. The second-order valence-corrected chi connectivity index (χ2v) is 14.3. The third-order valence-corrected chi connectivity index (χ3v) is 9.74. The summed E-state index contributed by atoms with van der Waals surface area (Å²) in [4.78, 5) is 60.6. The molecule has 0 saturated carbocycles. The average Bonchev–Trinajstić information content (AvgIpc) is 3.67. The molecule has 298 valence electrons. The van der Waals surface area contributed by atoms with Gasteiger partial charge in [-0.05, 0) is 79.7 Å². The number of azide groups is 1. The van der Waals surface area contributed by atoms with Gasteiger partial charge in [-0.15, -0.1) is 0 Å². The van der Waals surface area contributed by atoms with Crippen molar-refractivity contribution in [2.24, 2.45) is 11.0 Å². The largest absolute Gasteiger partial charge is 0.489 e. The summed E-state index contributed by atoms with van der Waals surface area (Å²) in [6.45, 7) is 7.99. The molecule has 2 aromatic rings. The molecule has 2 aliphatic rings. The van der Waals surface area contributed by atoms with Gasteiger partial charge in [0.2, 0.25) is 17.7 Å². The van der Waals surface area contributed by atoms with E-state index in [9.17, 15) is 29.8 Å². The fourth-order valence-corrected chi connectivity index (χ4v) is 6.99. The molecule has 0 aromatic heterocycles. The molecule has 2 heterocycles. The first-order chi connectivity index (χ1) is 26.6. The van der Waals surface area contributed by atoms with Crippen molar-refractivity contribution in [2.45, 2.75) is 95.7 Å². The van der Waals surface area contributed by atoms with Crippen molar-refractivity contribution < 1.29 is 38.5 Å². The number of hydrogen-bond acceptors (Lipinski definition) is 9. The van der Waals surface area contributed by atoms with Crippen LogP contribution in [0.15, 0.2) is 72.4 Å². The predicted molar refractivity (Wildman–Crippen MR) is 206 cm³/mol. The van der Waals surface area contributed by atoms with Gasteiger partial charge in [-0.3, -0.25) is 14.4 Å². The second-order valence-electron chi connectivity index (χ2n) is 14.3. The summed E-state index contributed by atoms with van der Waals surface area (Å²) in [5.41, 5.74) is 11.5. The standard InChI is InChI=1S/C40H55N7O8/c1-4-22-53-40(52)42-19-8-13-35(39(51)46-20-9-12-31(46)25-48)47-21-18-36(55-27-37(49)43-34(38(47)50)23-28(2)3)33(44-45-41)24-29-14-16-32(17-15-29)54-26-30-10-6-5-7-11-30/h4-7,10-11,14-17,28,31,33-36,48H,1,8-9,12-13,18-27H2,2-3H3,(H,42,52)(H,43,49)/t31-,33-,34-,35-,36-/m0/s1. The van der Waals surface area contributed by atoms with Gasteiger partial charge in [-0.2, -0.15) is 0 Å². The smallest absolute Gasteiger partial charge is 0.407 e. The highest BCUT2D eigenvalue weighted by Crippen LogP contribution is 2.25. The van der Waals surface area contributed by atoms with Crippen molar-refractivity contribution in [3.8, 4) is 5.75 Å². The fourth-order valence-electron chi connectivity index (χ4n) is 6.99. The molecule has 2 aromatic carbocycles. The lowest BCUT2D eigenvalue weighted by atomic mass is 9.97. The van der Waals surface area contributed by atoms with Gasteiger partial charge >= 0.3 is 6.09 Å². The molecule has 5 atom stereocenters. The van der Waals surface area contributed by atoms with Crippen LogP contribution in [0.2, 0.25) is 0 Å². The molecular formula is C40H55N7O8. The lowest BCUT2D eigenvalue weighted by Gasteiger charge is -2.39. The number of nitrogens with one attached hydrogen (secondary N) is 2. The van der Waals surface area contributed by atoms with Crippen molar-refractivity contribution in [1.82, 2.24) is 20.4 Å². The number of carbonyl (C=O) groups is 4. The van der Waals surface area contributed by atoms with Crippen LogP contribution < -0.4 is 15.4 Å². The topological polar surface area (TPSA) is 196 Å². The van der Waals surface area contributed by atoms with E-state index in [0.717, 1.165) is 11.1 Å². The molecule has 0 spiro atoms. The van der Waals surface area contributed by atoms with Crippen molar-refractivity contribution >= 4 is 23.8 Å². The first-order valence-electron chi connectivity index (χ1n) is 19.1. The maximum atomic E-state index is 14.5. The zero-order valence-corrected chi connectivity index (χ0v) is 31.9. The summed E-state index contributed by atoms with van der Waals surface area (Å²) in [6, 6.07) is 14.2. The molecule has 15 heteroatoms. The van der Waals surface area contributed by atoms with Gasteiger partial charge in [0.1, 0.15) is 37.7 Å². The van der Waals surface area contributed by atoms with Crippen LogP contribution >= 0.6 is 0 Å². The molecular weight excluding hydrogens is 706 g/mol. The number of aliphatic hydroxyl groups excluding tert-OH is 1. The number of amides is 4. The minimum atomic E-state index is -0.973. The third-order valence-electron chi connectivity index (χ3n) is 9.74. The monoisotopic (exact) mass is 761 g/mol. The zero-order valence-electron chi connectivity index (χ0n) is 31.9. The number of nitrogens with zero attached hydrogens (tertiary/aromatic N) is 5. The van der Waals surface area contributed by atoms with E-state index >= 15 is 0 Å². The van der Waals surface area contributed by atoms with Crippen molar-refractivity contribution in [2.75, 3.05) is 39.5 Å². The number of rotatable bonds is 18. The van der Waals surface area contributed by atoms with Crippen LogP contribution in [-0.2, 0) is 36.9 Å². The molecule has 0 radical (unpaired) electrons. The number of likely N-dealkylation sites (tertiary alicyclic amines) is 1. The molecule has 3 N–H and O–H groups in total. The molecule has 0 aliphatic carbocycles. The van der Waals surface area contributed by atoms with Crippen LogP contribution in [0, 0.1) is 5.92 Å². The number of ether oxygens (including phenoxy) is 3. The zero-order chi connectivity index (χ0) is 39.6. The van der Waals surface area contributed by atoms with E-state index in [0.29, 0.717) is 44.6 Å². The Balaban J connectivity index is 1.59. The summed E-state index contributed by atoms with van der Waals surface area (Å²) in [6.07, 6.45) is 2.67. The van der Waals surface area contributed by atoms with Gasteiger partial charge < -0.3 is 39.8 Å². The Labute approximate surface area is 323 Å². The molecule has 2 saturated heterocycles. The molecule has 4 amide bonds. The molecule has 2 aliphatic heterocycles. The van der Waals surface area contributed by atoms with Gasteiger partial charge in [0.15, 0.2) is 0 Å². The highest BCUT2D eigenvalue weighted by atomic mass is 16.5. The maximum absolute atomic E-state index is 14.5. The summed E-state index contributed by atoms with van der Waals surface area (Å²) in [5, 5.41) is 19.7. The van der Waals surface area contributed by atoms with Crippen molar-refractivity contribution in [1.29, 1.82) is 0 Å². The quantitative estimate of drug-likeness (QED) is 0.0640. The van der Waals surface area contributed by atoms with Crippen LogP contribution in [0.25, 0.3) is 10.4 Å². The normalized spacial score (nSPS) is 20.2. The Hall–Kier alpha value is -5.11. The Bertz CT molecular complexity index is 1600. The van der Waals surface area contributed by atoms with Gasteiger partial charge in [-0.25, -0.2) is 4.79 Å². The first-order valence-corrected chi connectivity index (χ1v) is 19.1. The Morgan fingerprint density at radius 2 is 1.89 bits per heavy atom. The number of benzene rings is 2. The van der Waals surface area contributed by atoms with Gasteiger partial charge in [0.25, 0.3) is 0 Å². The van der Waals surface area contributed by atoms with Crippen LogP contribution in [0.1, 0.15) is 63.5 Å². The summed E-state index contributed by atoms with van der Waals surface area (Å²) in [7, 11) is 0. The van der Waals surface area contributed by atoms with E-state index in [1.807, 2.05) is 68.4 Å². The first kappa shape index (κ1) is 42.6. The predicted octanol–water partition coefficient (Wildman–Crippen LogP) is 4.68. The highest BCUT2D eigenvalue weighted by molar-refractivity contribution is 5.92. The van der Waals surface area contributed by atoms with E-state index < -0.39 is 42.1 Å². The summed E-state index contributed by atoms with van der Waals surface area (Å²) < 4.78 is 17.1. The lowest BCUT2D eigenvalue weighted by molar-refractivity contribution is -0.151. The lowest BCUT2D eigenvalue weighted by Crippen LogP contribution is -2.59. The van der Waals surface area contributed by atoms with E-state index in [1.54, 1.807) is 4.90 Å². The SMILES string of the molecule is C=CCOC(=O)NCCC[C@@H](C(=O)N1CCC[C@H]1CO)N1CC[C@@H]([C@H](Cc2ccc(OCc3ccccc3)cc2)N=[N+]=[N-])OCC(=O)N[C@@H](CC(C)C)C1=O. The van der Waals surface area contributed by atoms with E-state index in [4.69, 9.17) is 14.2 Å². The minimum Gasteiger partial charge on any atom is -0.489 e. The van der Waals surface area contributed by atoms with Crippen LogP contribution in [0.4, 0.5) is 4.79 Å². The molecule has 4 rings (SSSR count). The molecule has 2 fully saturated rings. The molecule has 0 bridgehead atoms. The summed E-state index contributed by atoms with van der Waals surface area (Å²) >= 11 is 0. The molecule has 0 unspecified atom stereocenters.